The number of anilines is 3. The molecule has 0 aliphatic carbocycles. The second kappa shape index (κ2) is 12.6. The molecule has 0 unspecified atom stereocenters. The van der Waals surface area contributed by atoms with E-state index in [4.69, 9.17) is 8.83 Å². The van der Waals surface area contributed by atoms with Crippen LogP contribution in [0, 0.1) is 0 Å². The fraction of sp³-hybridized carbons (Fsp3) is 0. The molecule has 11 rings (SSSR count). The number of hydrogen-bond acceptors (Lipinski definition) is 3. The molecule has 2 aromatic heterocycles. The lowest BCUT2D eigenvalue weighted by atomic mass is 9.97. The molecule has 0 fully saturated rings. The molecule has 2 heterocycles. The predicted octanol–water partition coefficient (Wildman–Crippen LogP) is 15.1. The van der Waals surface area contributed by atoms with Gasteiger partial charge in [-0.15, -0.1) is 0 Å². The first kappa shape index (κ1) is 31.2. The lowest BCUT2D eigenvalue weighted by Gasteiger charge is -2.28. The van der Waals surface area contributed by atoms with Crippen molar-refractivity contribution in [2.24, 2.45) is 0 Å². The van der Waals surface area contributed by atoms with Gasteiger partial charge in [0.15, 0.2) is 0 Å². The van der Waals surface area contributed by atoms with E-state index in [1.54, 1.807) is 0 Å². The Balaban J connectivity index is 1.07. The number of nitrogens with zero attached hydrogens (tertiary/aromatic N) is 1. The molecule has 0 spiro atoms. The van der Waals surface area contributed by atoms with Crippen molar-refractivity contribution in [2.45, 2.75) is 0 Å². The van der Waals surface area contributed by atoms with Crippen molar-refractivity contribution >= 4 is 71.7 Å². The van der Waals surface area contributed by atoms with E-state index in [0.717, 1.165) is 88.6 Å². The second-order valence-corrected chi connectivity index (χ2v) is 14.0. The van der Waals surface area contributed by atoms with E-state index in [1.807, 2.05) is 12.1 Å². The van der Waals surface area contributed by atoms with Crippen LogP contribution in [0.15, 0.2) is 209 Å². The van der Waals surface area contributed by atoms with Crippen LogP contribution in [0.4, 0.5) is 17.1 Å². The summed E-state index contributed by atoms with van der Waals surface area (Å²) in [5.41, 5.74) is 13.6. The molecule has 258 valence electrons. The molecule has 0 aliphatic rings. The van der Waals surface area contributed by atoms with Crippen molar-refractivity contribution in [1.82, 2.24) is 0 Å². The van der Waals surface area contributed by atoms with Crippen LogP contribution < -0.4 is 4.90 Å². The van der Waals surface area contributed by atoms with E-state index in [-0.39, 0.29) is 0 Å². The Labute approximate surface area is 317 Å². The monoisotopic (exact) mass is 703 g/mol. The highest BCUT2D eigenvalue weighted by atomic mass is 16.3. The van der Waals surface area contributed by atoms with E-state index in [0.29, 0.717) is 0 Å². The van der Waals surface area contributed by atoms with Crippen molar-refractivity contribution in [3.63, 3.8) is 0 Å². The number of fused-ring (bicyclic) bond motifs is 8. The van der Waals surface area contributed by atoms with E-state index >= 15 is 0 Å². The summed E-state index contributed by atoms with van der Waals surface area (Å²) in [5.74, 6) is 0. The van der Waals surface area contributed by atoms with Gasteiger partial charge in [-0.05, 0) is 76.2 Å². The molecule has 55 heavy (non-hydrogen) atoms. The zero-order valence-corrected chi connectivity index (χ0v) is 29.8. The van der Waals surface area contributed by atoms with Gasteiger partial charge in [0.2, 0.25) is 0 Å². The minimum absolute atomic E-state index is 0.888. The molecule has 0 aliphatic heterocycles. The first-order valence-corrected chi connectivity index (χ1v) is 18.7. The quantitative estimate of drug-likeness (QED) is 0.173. The smallest absolute Gasteiger partial charge is 0.143 e. The molecule has 0 atom stereocenters. The summed E-state index contributed by atoms with van der Waals surface area (Å²) in [7, 11) is 0. The van der Waals surface area contributed by atoms with Crippen molar-refractivity contribution in [3.05, 3.63) is 200 Å². The molecular weight excluding hydrogens is 671 g/mol. The van der Waals surface area contributed by atoms with Crippen LogP contribution in [0.25, 0.3) is 88.0 Å². The Morgan fingerprint density at radius 2 is 0.891 bits per heavy atom. The Hall–Kier alpha value is -7.36. The minimum atomic E-state index is 0.888. The number of furan rings is 2. The maximum atomic E-state index is 6.57. The topological polar surface area (TPSA) is 29.5 Å². The van der Waals surface area contributed by atoms with E-state index in [1.165, 1.54) is 16.5 Å². The van der Waals surface area contributed by atoms with Gasteiger partial charge in [-0.3, -0.25) is 0 Å². The number of benzene rings is 9. The predicted molar refractivity (Wildman–Crippen MR) is 229 cm³/mol. The van der Waals surface area contributed by atoms with Crippen molar-refractivity contribution < 1.29 is 8.83 Å². The van der Waals surface area contributed by atoms with Crippen LogP contribution in [-0.2, 0) is 0 Å². The van der Waals surface area contributed by atoms with E-state index in [9.17, 15) is 0 Å². The van der Waals surface area contributed by atoms with Gasteiger partial charge >= 0.3 is 0 Å². The van der Waals surface area contributed by atoms with Gasteiger partial charge in [0.25, 0.3) is 0 Å². The summed E-state index contributed by atoms with van der Waals surface area (Å²) in [6, 6.07) is 70.9. The summed E-state index contributed by atoms with van der Waals surface area (Å²) < 4.78 is 13.1. The van der Waals surface area contributed by atoms with Crippen LogP contribution in [0.5, 0.6) is 0 Å². The summed E-state index contributed by atoms with van der Waals surface area (Å²) >= 11 is 0. The zero-order valence-electron chi connectivity index (χ0n) is 29.8. The van der Waals surface area contributed by atoms with Gasteiger partial charge < -0.3 is 13.7 Å². The van der Waals surface area contributed by atoms with Crippen LogP contribution in [0.3, 0.4) is 0 Å². The van der Waals surface area contributed by atoms with Gasteiger partial charge in [0.05, 0.1) is 5.69 Å². The number of rotatable bonds is 6. The third-order valence-electron chi connectivity index (χ3n) is 10.9. The van der Waals surface area contributed by atoms with E-state index in [2.05, 4.69) is 193 Å². The summed E-state index contributed by atoms with van der Waals surface area (Å²) in [6.07, 6.45) is 0. The maximum absolute atomic E-state index is 6.57. The summed E-state index contributed by atoms with van der Waals surface area (Å²) in [5, 5.41) is 6.79. The van der Waals surface area contributed by atoms with Crippen molar-refractivity contribution in [3.8, 4) is 33.4 Å². The highest BCUT2D eigenvalue weighted by Crippen LogP contribution is 2.45. The summed E-state index contributed by atoms with van der Waals surface area (Å²) in [6.45, 7) is 0. The molecule has 0 saturated carbocycles. The average molecular weight is 704 g/mol. The maximum Gasteiger partial charge on any atom is 0.143 e. The Morgan fingerprint density at radius 1 is 0.309 bits per heavy atom. The SMILES string of the molecule is c1ccc(-c2ccc(N(c3ccc(-c4cccc5oc6c7ccccc7ccc6c45)cc3)c3ccccc3-c3cccc4c3oc3ccccc34)cc2)cc1. The fourth-order valence-electron chi connectivity index (χ4n) is 8.30. The van der Waals surface area contributed by atoms with Crippen molar-refractivity contribution in [1.29, 1.82) is 0 Å². The molecule has 3 nitrogen and oxygen atoms in total. The number of hydrogen-bond donors (Lipinski definition) is 0. The first-order chi connectivity index (χ1) is 27.3. The molecule has 0 bridgehead atoms. The highest BCUT2D eigenvalue weighted by molar-refractivity contribution is 6.19. The fourth-order valence-corrected chi connectivity index (χ4v) is 8.30. The highest BCUT2D eigenvalue weighted by Gasteiger charge is 2.21. The van der Waals surface area contributed by atoms with E-state index < -0.39 is 0 Å². The Bertz CT molecular complexity index is 3190. The van der Waals surface area contributed by atoms with Crippen LogP contribution in [0.2, 0.25) is 0 Å². The minimum Gasteiger partial charge on any atom is -0.455 e. The lowest BCUT2D eigenvalue weighted by molar-refractivity contribution is 0.670. The van der Waals surface area contributed by atoms with Gasteiger partial charge in [0.1, 0.15) is 22.3 Å². The molecule has 11 aromatic rings. The van der Waals surface area contributed by atoms with Gasteiger partial charge in [0, 0.05) is 49.4 Å². The van der Waals surface area contributed by atoms with Gasteiger partial charge in [-0.2, -0.15) is 0 Å². The molecule has 0 N–H and O–H groups in total. The standard InChI is InChI=1S/C52H33NO2/c1-2-12-34(13-3-1)35-24-29-38(30-25-35)53(47-21-8-6-16-42(47)44-19-10-20-45-43-17-7-9-22-48(43)54-52(44)45)39-31-26-37(27-32-39)40-18-11-23-49-50(40)46-33-28-36-14-4-5-15-41(36)51(46)55-49/h1-33H. The average Bonchev–Trinajstić information content (AvgIpc) is 3.84. The van der Waals surface area contributed by atoms with Crippen molar-refractivity contribution in [2.75, 3.05) is 4.90 Å². The normalized spacial score (nSPS) is 11.6. The third-order valence-corrected chi connectivity index (χ3v) is 10.9. The second-order valence-electron chi connectivity index (χ2n) is 14.0. The molecule has 0 amide bonds. The zero-order chi connectivity index (χ0) is 36.3. The molecule has 0 saturated heterocycles. The van der Waals surface area contributed by atoms with Crippen LogP contribution in [0.1, 0.15) is 0 Å². The Morgan fingerprint density at radius 3 is 1.73 bits per heavy atom. The largest absolute Gasteiger partial charge is 0.455 e. The molecule has 3 heteroatoms. The Kier molecular flexibility index (Phi) is 7.17. The van der Waals surface area contributed by atoms with Gasteiger partial charge in [-0.1, -0.05) is 152 Å². The summed E-state index contributed by atoms with van der Waals surface area (Å²) in [4.78, 5) is 2.36. The van der Waals surface area contributed by atoms with Crippen LogP contribution in [-0.4, -0.2) is 0 Å². The third kappa shape index (κ3) is 5.13. The molecule has 0 radical (unpaired) electrons. The lowest BCUT2D eigenvalue weighted by Crippen LogP contribution is -2.11. The molecular formula is C52H33NO2. The number of para-hydroxylation sites is 3. The van der Waals surface area contributed by atoms with Gasteiger partial charge in [-0.25, -0.2) is 0 Å². The first-order valence-electron chi connectivity index (χ1n) is 18.7. The van der Waals surface area contributed by atoms with Crippen LogP contribution >= 0.6 is 0 Å². The molecule has 9 aromatic carbocycles.